The average Bonchev–Trinajstić information content (AvgIpc) is 2.37. The number of aliphatic hydroxyl groups excluding tert-OH is 1. The maximum absolute atomic E-state index is 11.1. The molecule has 0 fully saturated rings. The standard InChI is InChI=1S/C11H15NO5/c1-15-8-5-12-6-9(16-2)11(8)7(13)4-10(14)17-3/h5-7,13H,4H2,1-3H3. The van der Waals surface area contributed by atoms with E-state index < -0.39 is 12.1 Å². The lowest BCUT2D eigenvalue weighted by Crippen LogP contribution is -2.10. The van der Waals surface area contributed by atoms with Gasteiger partial charge in [-0.2, -0.15) is 0 Å². The van der Waals surface area contributed by atoms with E-state index in [4.69, 9.17) is 9.47 Å². The van der Waals surface area contributed by atoms with Crippen molar-refractivity contribution >= 4 is 5.97 Å². The van der Waals surface area contributed by atoms with Crippen LogP contribution in [0.1, 0.15) is 18.1 Å². The summed E-state index contributed by atoms with van der Waals surface area (Å²) in [5.74, 6) is 0.208. The molecule has 1 N–H and O–H groups in total. The van der Waals surface area contributed by atoms with E-state index in [0.717, 1.165) is 0 Å². The van der Waals surface area contributed by atoms with Gasteiger partial charge in [0.1, 0.15) is 11.5 Å². The van der Waals surface area contributed by atoms with Gasteiger partial charge in [0.15, 0.2) is 0 Å². The second-order valence-electron chi connectivity index (χ2n) is 3.25. The van der Waals surface area contributed by atoms with Crippen LogP contribution < -0.4 is 9.47 Å². The van der Waals surface area contributed by atoms with Gasteiger partial charge in [-0.1, -0.05) is 0 Å². The van der Waals surface area contributed by atoms with Crippen molar-refractivity contribution in [2.45, 2.75) is 12.5 Å². The molecule has 0 spiro atoms. The van der Waals surface area contributed by atoms with Gasteiger partial charge in [0.2, 0.25) is 0 Å². The summed E-state index contributed by atoms with van der Waals surface area (Å²) >= 11 is 0. The highest BCUT2D eigenvalue weighted by molar-refractivity contribution is 5.70. The molecule has 1 aromatic rings. The second-order valence-corrected chi connectivity index (χ2v) is 3.25. The first-order chi connectivity index (χ1) is 8.13. The molecule has 0 radical (unpaired) electrons. The lowest BCUT2D eigenvalue weighted by atomic mass is 10.1. The first-order valence-corrected chi connectivity index (χ1v) is 4.94. The molecule has 1 atom stereocenters. The molecule has 1 aromatic heterocycles. The number of rotatable bonds is 5. The molecule has 0 aliphatic rings. The molecule has 17 heavy (non-hydrogen) atoms. The Morgan fingerprint density at radius 3 is 2.24 bits per heavy atom. The van der Waals surface area contributed by atoms with E-state index in [0.29, 0.717) is 17.1 Å². The fourth-order valence-corrected chi connectivity index (χ4v) is 1.43. The van der Waals surface area contributed by atoms with Crippen LogP contribution in [0, 0.1) is 0 Å². The van der Waals surface area contributed by atoms with Gasteiger partial charge in [-0.3, -0.25) is 9.78 Å². The monoisotopic (exact) mass is 241 g/mol. The maximum atomic E-state index is 11.1. The van der Waals surface area contributed by atoms with Crippen molar-refractivity contribution in [1.82, 2.24) is 4.98 Å². The molecular formula is C11H15NO5. The highest BCUT2D eigenvalue weighted by atomic mass is 16.5. The van der Waals surface area contributed by atoms with E-state index >= 15 is 0 Å². The normalized spacial score (nSPS) is 11.8. The Bertz CT molecular complexity index is 371. The van der Waals surface area contributed by atoms with Gasteiger partial charge in [0, 0.05) is 0 Å². The van der Waals surface area contributed by atoms with Crippen LogP contribution in [0.4, 0.5) is 0 Å². The number of esters is 1. The van der Waals surface area contributed by atoms with E-state index in [9.17, 15) is 9.90 Å². The maximum Gasteiger partial charge on any atom is 0.308 e. The fraction of sp³-hybridized carbons (Fsp3) is 0.455. The first kappa shape index (κ1) is 13.2. The molecule has 0 amide bonds. The minimum absolute atomic E-state index is 0.173. The molecule has 0 aliphatic carbocycles. The van der Waals surface area contributed by atoms with Gasteiger partial charge in [-0.05, 0) is 0 Å². The summed E-state index contributed by atoms with van der Waals surface area (Å²) in [6, 6.07) is 0. The average molecular weight is 241 g/mol. The van der Waals surface area contributed by atoms with Gasteiger partial charge in [-0.25, -0.2) is 0 Å². The molecule has 0 aromatic carbocycles. The van der Waals surface area contributed by atoms with E-state index in [1.807, 2.05) is 0 Å². The van der Waals surface area contributed by atoms with Crippen LogP contribution in [0.15, 0.2) is 12.4 Å². The van der Waals surface area contributed by atoms with Gasteiger partial charge in [0.25, 0.3) is 0 Å². The van der Waals surface area contributed by atoms with Crippen LogP contribution in [0.5, 0.6) is 11.5 Å². The summed E-state index contributed by atoms with van der Waals surface area (Å²) in [6.45, 7) is 0. The minimum atomic E-state index is -1.06. The lowest BCUT2D eigenvalue weighted by Gasteiger charge is -2.16. The van der Waals surface area contributed by atoms with Crippen LogP contribution in [-0.2, 0) is 9.53 Å². The van der Waals surface area contributed by atoms with Crippen LogP contribution >= 0.6 is 0 Å². The minimum Gasteiger partial charge on any atom is -0.495 e. The summed E-state index contributed by atoms with van der Waals surface area (Å²) in [5.41, 5.74) is 0.385. The molecule has 1 heterocycles. The van der Waals surface area contributed by atoms with Crippen molar-refractivity contribution in [3.63, 3.8) is 0 Å². The quantitative estimate of drug-likeness (QED) is 0.764. The molecule has 6 heteroatoms. The molecule has 6 nitrogen and oxygen atoms in total. The number of hydrogen-bond acceptors (Lipinski definition) is 6. The number of aromatic nitrogens is 1. The zero-order valence-corrected chi connectivity index (χ0v) is 9.97. The van der Waals surface area contributed by atoms with Gasteiger partial charge in [-0.15, -0.1) is 0 Å². The number of ether oxygens (including phenoxy) is 3. The van der Waals surface area contributed by atoms with Crippen LogP contribution in [0.3, 0.4) is 0 Å². The van der Waals surface area contributed by atoms with Crippen molar-refractivity contribution in [1.29, 1.82) is 0 Å². The summed E-state index contributed by atoms with van der Waals surface area (Å²) in [4.78, 5) is 15.0. The third-order valence-corrected chi connectivity index (χ3v) is 2.28. The molecule has 1 unspecified atom stereocenters. The summed E-state index contributed by atoms with van der Waals surface area (Å²) in [7, 11) is 4.16. The highest BCUT2D eigenvalue weighted by Gasteiger charge is 2.22. The van der Waals surface area contributed by atoms with Crippen molar-refractivity contribution in [3.8, 4) is 11.5 Å². The number of hydrogen-bond donors (Lipinski definition) is 1. The zero-order valence-electron chi connectivity index (χ0n) is 9.97. The number of methoxy groups -OCH3 is 3. The number of carbonyl (C=O) groups excluding carboxylic acids is 1. The number of nitrogens with zero attached hydrogens (tertiary/aromatic N) is 1. The zero-order chi connectivity index (χ0) is 12.8. The Morgan fingerprint density at radius 1 is 1.29 bits per heavy atom. The van der Waals surface area contributed by atoms with Crippen molar-refractivity contribution in [2.24, 2.45) is 0 Å². The van der Waals surface area contributed by atoms with E-state index in [2.05, 4.69) is 9.72 Å². The van der Waals surface area contributed by atoms with Gasteiger partial charge < -0.3 is 19.3 Å². The van der Waals surface area contributed by atoms with Gasteiger partial charge >= 0.3 is 5.97 Å². The Hall–Kier alpha value is -1.82. The van der Waals surface area contributed by atoms with Crippen LogP contribution in [0.25, 0.3) is 0 Å². The number of carbonyl (C=O) groups is 1. The summed E-state index contributed by atoms with van der Waals surface area (Å²) in [6.07, 6.45) is 1.65. The smallest absolute Gasteiger partial charge is 0.308 e. The molecule has 0 saturated heterocycles. The predicted octanol–water partition coefficient (Wildman–Crippen LogP) is 0.695. The Morgan fingerprint density at radius 2 is 1.82 bits per heavy atom. The predicted molar refractivity (Wildman–Crippen MR) is 58.9 cm³/mol. The second kappa shape index (κ2) is 6.05. The van der Waals surface area contributed by atoms with Gasteiger partial charge in [0.05, 0.1) is 51.8 Å². The Kier molecular flexibility index (Phi) is 4.71. The molecular weight excluding hydrogens is 226 g/mol. The van der Waals surface area contributed by atoms with Crippen molar-refractivity contribution < 1.29 is 24.1 Å². The Labute approximate surface area is 99.1 Å². The third kappa shape index (κ3) is 3.07. The molecule has 1 rings (SSSR count). The lowest BCUT2D eigenvalue weighted by molar-refractivity contribution is -0.142. The number of aliphatic hydroxyl groups is 1. The largest absolute Gasteiger partial charge is 0.495 e. The Balaban J connectivity index is 3.04. The highest BCUT2D eigenvalue weighted by Crippen LogP contribution is 2.34. The summed E-state index contributed by atoms with van der Waals surface area (Å²) < 4.78 is 14.6. The van der Waals surface area contributed by atoms with Crippen molar-refractivity contribution in [2.75, 3.05) is 21.3 Å². The molecule has 94 valence electrons. The topological polar surface area (TPSA) is 77.9 Å². The van der Waals surface area contributed by atoms with E-state index in [1.54, 1.807) is 0 Å². The third-order valence-electron chi connectivity index (χ3n) is 2.28. The molecule has 0 saturated carbocycles. The fourth-order valence-electron chi connectivity index (χ4n) is 1.43. The SMILES string of the molecule is COC(=O)CC(O)c1c(OC)cncc1OC. The number of pyridine rings is 1. The molecule has 0 bridgehead atoms. The van der Waals surface area contributed by atoms with E-state index in [-0.39, 0.29) is 6.42 Å². The first-order valence-electron chi connectivity index (χ1n) is 4.94. The summed E-state index contributed by atoms with van der Waals surface area (Å²) in [5, 5.41) is 9.96. The van der Waals surface area contributed by atoms with Crippen molar-refractivity contribution in [3.05, 3.63) is 18.0 Å². The molecule has 0 aliphatic heterocycles. The van der Waals surface area contributed by atoms with Crippen LogP contribution in [0.2, 0.25) is 0 Å². The van der Waals surface area contributed by atoms with E-state index in [1.165, 1.54) is 33.7 Å². The van der Waals surface area contributed by atoms with Crippen LogP contribution in [-0.4, -0.2) is 37.4 Å².